The third-order valence-corrected chi connectivity index (χ3v) is 5.90. The fraction of sp³-hybridized carbons (Fsp3) is 0.391. The number of aryl methyl sites for hydroxylation is 1. The van der Waals surface area contributed by atoms with Crippen molar-refractivity contribution in [2.24, 2.45) is 5.92 Å². The highest BCUT2D eigenvalue weighted by molar-refractivity contribution is 7.92. The molecule has 0 radical (unpaired) electrons. The quantitative estimate of drug-likeness (QED) is 0.617. The lowest BCUT2D eigenvalue weighted by Crippen LogP contribution is -2.47. The first-order valence-corrected chi connectivity index (χ1v) is 12.1. The average Bonchev–Trinajstić information content (AvgIpc) is 2.70. The number of hydrogen-bond acceptors (Lipinski definition) is 4. The second kappa shape index (κ2) is 10.4. The summed E-state index contributed by atoms with van der Waals surface area (Å²) in [6.45, 7) is 8.14. The number of sulfonamides is 1. The van der Waals surface area contributed by atoms with E-state index < -0.39 is 22.0 Å². The van der Waals surface area contributed by atoms with Gasteiger partial charge in [-0.2, -0.15) is 0 Å². The van der Waals surface area contributed by atoms with Crippen LogP contribution in [-0.4, -0.2) is 39.1 Å². The molecular formula is C23H31N3O4S. The van der Waals surface area contributed by atoms with Crippen LogP contribution < -0.4 is 14.9 Å². The fourth-order valence-corrected chi connectivity index (χ4v) is 4.36. The Balaban J connectivity index is 2.34. The van der Waals surface area contributed by atoms with Crippen molar-refractivity contribution in [1.29, 1.82) is 0 Å². The summed E-state index contributed by atoms with van der Waals surface area (Å²) in [5.74, 6) is -0.512. The van der Waals surface area contributed by atoms with Gasteiger partial charge >= 0.3 is 0 Å². The van der Waals surface area contributed by atoms with Gasteiger partial charge in [0, 0.05) is 6.54 Å². The molecule has 0 spiro atoms. The van der Waals surface area contributed by atoms with Crippen LogP contribution in [0.3, 0.4) is 0 Å². The molecule has 2 aromatic rings. The summed E-state index contributed by atoms with van der Waals surface area (Å²) in [6.07, 6.45) is 1.34. The fourth-order valence-electron chi connectivity index (χ4n) is 3.15. The maximum Gasteiger partial charge on any atom is 0.253 e. The van der Waals surface area contributed by atoms with Gasteiger partial charge in [-0.1, -0.05) is 50.6 Å². The van der Waals surface area contributed by atoms with Gasteiger partial charge in [0.15, 0.2) is 0 Å². The summed E-state index contributed by atoms with van der Waals surface area (Å²) in [5, 5.41) is 5.59. The number of rotatable bonds is 9. The SMILES string of the molecule is CCC(C(=O)Nc1ccccc1C(=O)NCC(C)C)N(c1ccc(C)cc1)S(C)(=O)=O. The van der Waals surface area contributed by atoms with Crippen molar-refractivity contribution in [1.82, 2.24) is 5.32 Å². The van der Waals surface area contributed by atoms with Crippen molar-refractivity contribution in [3.8, 4) is 0 Å². The van der Waals surface area contributed by atoms with Gasteiger partial charge < -0.3 is 10.6 Å². The van der Waals surface area contributed by atoms with E-state index in [0.717, 1.165) is 16.1 Å². The predicted molar refractivity (Wildman–Crippen MR) is 125 cm³/mol. The monoisotopic (exact) mass is 445 g/mol. The number of benzene rings is 2. The molecule has 0 saturated carbocycles. The number of carbonyl (C=O) groups is 2. The Kier molecular flexibility index (Phi) is 8.21. The maximum absolute atomic E-state index is 13.2. The van der Waals surface area contributed by atoms with Crippen molar-refractivity contribution in [2.45, 2.75) is 40.2 Å². The van der Waals surface area contributed by atoms with Gasteiger partial charge in [0.2, 0.25) is 15.9 Å². The molecule has 2 N–H and O–H groups in total. The topological polar surface area (TPSA) is 95.6 Å². The van der Waals surface area contributed by atoms with Crippen LogP contribution in [-0.2, 0) is 14.8 Å². The van der Waals surface area contributed by atoms with Gasteiger partial charge in [-0.25, -0.2) is 8.42 Å². The van der Waals surface area contributed by atoms with Crippen molar-refractivity contribution < 1.29 is 18.0 Å². The Labute approximate surface area is 184 Å². The molecule has 168 valence electrons. The number of para-hydroxylation sites is 1. The lowest BCUT2D eigenvalue weighted by Gasteiger charge is -2.30. The minimum absolute atomic E-state index is 0.258. The number of anilines is 2. The van der Waals surface area contributed by atoms with Crippen LogP contribution in [0.25, 0.3) is 0 Å². The second-order valence-corrected chi connectivity index (χ2v) is 9.82. The van der Waals surface area contributed by atoms with E-state index in [0.29, 0.717) is 23.5 Å². The first-order chi connectivity index (χ1) is 14.5. The molecule has 0 saturated heterocycles. The molecule has 31 heavy (non-hydrogen) atoms. The van der Waals surface area contributed by atoms with E-state index in [2.05, 4.69) is 10.6 Å². The molecule has 0 aliphatic heterocycles. The van der Waals surface area contributed by atoms with Crippen LogP contribution in [0.5, 0.6) is 0 Å². The van der Waals surface area contributed by atoms with Crippen LogP contribution in [0, 0.1) is 12.8 Å². The molecular weight excluding hydrogens is 414 g/mol. The Bertz CT molecular complexity index is 1020. The van der Waals surface area contributed by atoms with E-state index in [1.165, 1.54) is 0 Å². The van der Waals surface area contributed by atoms with E-state index in [4.69, 9.17) is 0 Å². The summed E-state index contributed by atoms with van der Waals surface area (Å²) in [6, 6.07) is 12.7. The first kappa shape index (κ1) is 24.4. The minimum atomic E-state index is -3.73. The molecule has 0 heterocycles. The molecule has 0 aliphatic rings. The highest BCUT2D eigenvalue weighted by Gasteiger charge is 2.32. The van der Waals surface area contributed by atoms with Gasteiger partial charge in [-0.05, 0) is 43.5 Å². The first-order valence-electron chi connectivity index (χ1n) is 10.3. The smallest absolute Gasteiger partial charge is 0.253 e. The molecule has 0 fully saturated rings. The zero-order valence-corrected chi connectivity index (χ0v) is 19.5. The summed E-state index contributed by atoms with van der Waals surface area (Å²) in [5.41, 5.74) is 2.06. The predicted octanol–water partition coefficient (Wildman–Crippen LogP) is 3.56. The second-order valence-electron chi connectivity index (χ2n) is 7.96. The molecule has 0 bridgehead atoms. The van der Waals surface area contributed by atoms with Crippen LogP contribution in [0.4, 0.5) is 11.4 Å². The molecule has 1 atom stereocenters. The van der Waals surface area contributed by atoms with Crippen LogP contribution in [0.2, 0.25) is 0 Å². The average molecular weight is 446 g/mol. The normalized spacial score (nSPS) is 12.3. The van der Waals surface area contributed by atoms with Gasteiger partial charge in [-0.3, -0.25) is 13.9 Å². The zero-order valence-electron chi connectivity index (χ0n) is 18.7. The van der Waals surface area contributed by atoms with E-state index in [-0.39, 0.29) is 18.2 Å². The number of nitrogens with zero attached hydrogens (tertiary/aromatic N) is 1. The van der Waals surface area contributed by atoms with E-state index in [1.54, 1.807) is 55.5 Å². The van der Waals surface area contributed by atoms with Crippen molar-refractivity contribution >= 4 is 33.2 Å². The number of carbonyl (C=O) groups excluding carboxylic acids is 2. The maximum atomic E-state index is 13.2. The van der Waals surface area contributed by atoms with E-state index in [1.807, 2.05) is 20.8 Å². The summed E-state index contributed by atoms with van der Waals surface area (Å²) in [7, 11) is -3.73. The lowest BCUT2D eigenvalue weighted by molar-refractivity contribution is -0.117. The van der Waals surface area contributed by atoms with Gasteiger partial charge in [0.1, 0.15) is 6.04 Å². The molecule has 8 heteroatoms. The molecule has 7 nitrogen and oxygen atoms in total. The Morgan fingerprint density at radius 1 is 1.03 bits per heavy atom. The number of nitrogens with one attached hydrogen (secondary N) is 2. The molecule has 2 rings (SSSR count). The van der Waals surface area contributed by atoms with Crippen LogP contribution in [0.1, 0.15) is 43.1 Å². The van der Waals surface area contributed by atoms with E-state index in [9.17, 15) is 18.0 Å². The zero-order chi connectivity index (χ0) is 23.2. The highest BCUT2D eigenvalue weighted by atomic mass is 32.2. The molecule has 0 aromatic heterocycles. The largest absolute Gasteiger partial charge is 0.352 e. The Hall–Kier alpha value is -2.87. The summed E-state index contributed by atoms with van der Waals surface area (Å²) < 4.78 is 26.3. The van der Waals surface area contributed by atoms with Gasteiger partial charge in [-0.15, -0.1) is 0 Å². The lowest BCUT2D eigenvalue weighted by atomic mass is 10.1. The third-order valence-electron chi connectivity index (χ3n) is 4.72. The number of hydrogen-bond donors (Lipinski definition) is 2. The van der Waals surface area contributed by atoms with Crippen LogP contribution in [0.15, 0.2) is 48.5 Å². The molecule has 0 aliphatic carbocycles. The van der Waals surface area contributed by atoms with Gasteiger partial charge in [0.05, 0.1) is 23.2 Å². The summed E-state index contributed by atoms with van der Waals surface area (Å²) in [4.78, 5) is 25.7. The molecule has 2 aromatic carbocycles. The van der Waals surface area contributed by atoms with Crippen molar-refractivity contribution in [3.05, 3.63) is 59.7 Å². The third kappa shape index (κ3) is 6.55. The Morgan fingerprint density at radius 3 is 2.19 bits per heavy atom. The van der Waals surface area contributed by atoms with Crippen molar-refractivity contribution in [3.63, 3.8) is 0 Å². The standard InChI is InChI=1S/C23H31N3O4S/c1-6-21(26(31(5,29)30)18-13-11-17(4)12-14-18)23(28)25-20-10-8-7-9-19(20)22(27)24-15-16(2)3/h7-14,16,21H,6,15H2,1-5H3,(H,24,27)(H,25,28). The number of amides is 2. The van der Waals surface area contributed by atoms with Crippen molar-refractivity contribution in [2.75, 3.05) is 22.4 Å². The molecule has 1 unspecified atom stereocenters. The highest BCUT2D eigenvalue weighted by Crippen LogP contribution is 2.24. The molecule has 2 amide bonds. The Morgan fingerprint density at radius 2 is 1.65 bits per heavy atom. The minimum Gasteiger partial charge on any atom is -0.352 e. The van der Waals surface area contributed by atoms with Gasteiger partial charge in [0.25, 0.3) is 5.91 Å². The van der Waals surface area contributed by atoms with E-state index >= 15 is 0 Å². The van der Waals surface area contributed by atoms with Crippen LogP contribution >= 0.6 is 0 Å². The summed E-state index contributed by atoms with van der Waals surface area (Å²) >= 11 is 0.